The second-order valence-electron chi connectivity index (χ2n) is 9.31. The highest BCUT2D eigenvalue weighted by atomic mass is 16.6. The van der Waals surface area contributed by atoms with Gasteiger partial charge in [0.25, 0.3) is 0 Å². The number of hydrogen-bond donors (Lipinski definition) is 0. The minimum atomic E-state index is -0.462. The van der Waals surface area contributed by atoms with E-state index in [1.54, 1.807) is 12.1 Å². The Labute approximate surface area is 201 Å². The molecule has 182 valence electrons. The van der Waals surface area contributed by atoms with Crippen molar-refractivity contribution in [3.05, 3.63) is 46.4 Å². The molecule has 3 aliphatic rings. The number of methoxy groups -OCH3 is 1. The van der Waals surface area contributed by atoms with Gasteiger partial charge in [0.1, 0.15) is 11.5 Å². The summed E-state index contributed by atoms with van der Waals surface area (Å²) >= 11 is 0. The third-order valence-corrected chi connectivity index (χ3v) is 6.87. The summed E-state index contributed by atoms with van der Waals surface area (Å²) in [6.07, 6.45) is 9.49. The van der Waals surface area contributed by atoms with Crippen molar-refractivity contribution >= 4 is 17.5 Å². The van der Waals surface area contributed by atoms with Gasteiger partial charge in [-0.05, 0) is 37.0 Å². The number of Topliss-reactive ketones (excluding diaryl/α,β-unsaturated/α-hetero) is 2. The van der Waals surface area contributed by atoms with Gasteiger partial charge in [0.05, 0.1) is 7.11 Å². The van der Waals surface area contributed by atoms with E-state index in [0.29, 0.717) is 66.3 Å². The number of benzene rings is 1. The fraction of sp³-hybridized carbons (Fsp3) is 0.536. The van der Waals surface area contributed by atoms with Crippen molar-refractivity contribution in [2.45, 2.75) is 89.9 Å². The Morgan fingerprint density at radius 3 is 2.18 bits per heavy atom. The molecule has 0 bridgehead atoms. The molecule has 1 aromatic carbocycles. The number of unbranched alkanes of at least 4 members (excludes halogenated alkanes) is 4. The largest absolute Gasteiger partial charge is 0.493 e. The van der Waals surface area contributed by atoms with E-state index in [0.717, 1.165) is 44.1 Å². The maximum Gasteiger partial charge on any atom is 0.311 e. The van der Waals surface area contributed by atoms with Crippen molar-refractivity contribution in [1.82, 2.24) is 0 Å². The van der Waals surface area contributed by atoms with Gasteiger partial charge in [-0.2, -0.15) is 0 Å². The van der Waals surface area contributed by atoms with Gasteiger partial charge in [-0.1, -0.05) is 38.7 Å². The van der Waals surface area contributed by atoms with Gasteiger partial charge in [0.15, 0.2) is 23.1 Å². The van der Waals surface area contributed by atoms with Gasteiger partial charge in [-0.3, -0.25) is 14.4 Å². The van der Waals surface area contributed by atoms with Crippen molar-refractivity contribution in [1.29, 1.82) is 0 Å². The lowest BCUT2D eigenvalue weighted by molar-refractivity contribution is -0.134. The summed E-state index contributed by atoms with van der Waals surface area (Å²) in [4.78, 5) is 38.3. The number of ether oxygens (including phenoxy) is 3. The molecule has 4 rings (SSSR count). The van der Waals surface area contributed by atoms with Crippen LogP contribution in [0.4, 0.5) is 0 Å². The second-order valence-corrected chi connectivity index (χ2v) is 9.31. The number of carbonyl (C=O) groups is 3. The Kier molecular flexibility index (Phi) is 7.86. The minimum Gasteiger partial charge on any atom is -0.493 e. The number of carbonyl (C=O) groups excluding carboxylic acids is 3. The van der Waals surface area contributed by atoms with Crippen LogP contribution in [0, 0.1) is 0 Å². The molecule has 0 atom stereocenters. The molecule has 6 heteroatoms. The van der Waals surface area contributed by atoms with Gasteiger partial charge in [0, 0.05) is 49.2 Å². The number of hydrogen-bond acceptors (Lipinski definition) is 6. The lowest BCUT2D eigenvalue weighted by Gasteiger charge is -2.36. The lowest BCUT2D eigenvalue weighted by Crippen LogP contribution is -2.30. The topological polar surface area (TPSA) is 78.9 Å². The zero-order chi connectivity index (χ0) is 24.1. The molecule has 6 nitrogen and oxygen atoms in total. The summed E-state index contributed by atoms with van der Waals surface area (Å²) in [5.74, 6) is 1.50. The van der Waals surface area contributed by atoms with Gasteiger partial charge >= 0.3 is 5.97 Å². The highest BCUT2D eigenvalue weighted by molar-refractivity contribution is 6.05. The minimum absolute atomic E-state index is 0.0358. The molecule has 0 fully saturated rings. The van der Waals surface area contributed by atoms with Crippen molar-refractivity contribution < 1.29 is 28.6 Å². The molecule has 0 unspecified atom stereocenters. The highest BCUT2D eigenvalue weighted by Gasteiger charge is 2.42. The van der Waals surface area contributed by atoms with Crippen molar-refractivity contribution in [2.24, 2.45) is 0 Å². The zero-order valence-electron chi connectivity index (χ0n) is 20.2. The molecule has 1 aromatic rings. The van der Waals surface area contributed by atoms with Gasteiger partial charge in [-0.25, -0.2) is 0 Å². The third-order valence-electron chi connectivity index (χ3n) is 6.87. The molecule has 1 aliphatic heterocycles. The first-order chi connectivity index (χ1) is 16.5. The Morgan fingerprint density at radius 2 is 1.56 bits per heavy atom. The Morgan fingerprint density at radius 1 is 0.912 bits per heavy atom. The van der Waals surface area contributed by atoms with Gasteiger partial charge in [0.2, 0.25) is 0 Å². The first-order valence-electron chi connectivity index (χ1n) is 12.6. The van der Waals surface area contributed by atoms with E-state index < -0.39 is 5.92 Å². The summed E-state index contributed by atoms with van der Waals surface area (Å²) in [6.45, 7) is 2.16. The van der Waals surface area contributed by atoms with Crippen molar-refractivity contribution in [2.75, 3.05) is 7.11 Å². The SMILES string of the molecule is CCCCCCCC(=O)Oc1ccc(C2C3=C(CCCC3=O)OC3=C2C(=O)CCC3)cc1OC. The van der Waals surface area contributed by atoms with E-state index >= 15 is 0 Å². The zero-order valence-corrected chi connectivity index (χ0v) is 20.2. The van der Waals surface area contributed by atoms with Crippen LogP contribution in [-0.2, 0) is 19.1 Å². The van der Waals surface area contributed by atoms with Crippen LogP contribution in [0.25, 0.3) is 0 Å². The summed E-state index contributed by atoms with van der Waals surface area (Å²) in [7, 11) is 1.53. The fourth-order valence-corrected chi connectivity index (χ4v) is 5.15. The molecule has 34 heavy (non-hydrogen) atoms. The predicted octanol–water partition coefficient (Wildman–Crippen LogP) is 6.09. The van der Waals surface area contributed by atoms with Crippen molar-refractivity contribution in [3.8, 4) is 11.5 Å². The number of allylic oxidation sites excluding steroid dienone is 4. The number of rotatable bonds is 9. The van der Waals surface area contributed by atoms with E-state index in [2.05, 4.69) is 6.92 Å². The van der Waals surface area contributed by atoms with Crippen LogP contribution in [-0.4, -0.2) is 24.6 Å². The molecule has 0 aromatic heterocycles. The first-order valence-corrected chi connectivity index (χ1v) is 12.6. The molecule has 0 amide bonds. The summed E-state index contributed by atoms with van der Waals surface area (Å²) in [6, 6.07) is 5.33. The fourth-order valence-electron chi connectivity index (χ4n) is 5.15. The molecular formula is C28H34O6. The molecule has 1 heterocycles. The van der Waals surface area contributed by atoms with E-state index in [4.69, 9.17) is 14.2 Å². The molecule has 2 aliphatic carbocycles. The maximum atomic E-state index is 13.0. The first kappa shape index (κ1) is 24.2. The second kappa shape index (κ2) is 11.0. The van der Waals surface area contributed by atoms with Crippen LogP contribution in [0.15, 0.2) is 40.9 Å². The van der Waals surface area contributed by atoms with Crippen LogP contribution >= 0.6 is 0 Å². The average Bonchev–Trinajstić information content (AvgIpc) is 2.83. The summed E-state index contributed by atoms with van der Waals surface area (Å²) in [5.41, 5.74) is 1.98. The molecule has 0 saturated heterocycles. The Bertz CT molecular complexity index is 989. The molecule has 0 saturated carbocycles. The smallest absolute Gasteiger partial charge is 0.311 e. The van der Waals surface area contributed by atoms with E-state index in [1.807, 2.05) is 6.07 Å². The molecule has 0 N–H and O–H groups in total. The summed E-state index contributed by atoms with van der Waals surface area (Å²) < 4.78 is 17.2. The lowest BCUT2D eigenvalue weighted by atomic mass is 9.73. The van der Waals surface area contributed by atoms with Crippen LogP contribution < -0.4 is 9.47 Å². The van der Waals surface area contributed by atoms with Gasteiger partial charge in [-0.15, -0.1) is 0 Å². The number of esters is 1. The average molecular weight is 467 g/mol. The van der Waals surface area contributed by atoms with Crippen LogP contribution in [0.1, 0.15) is 95.5 Å². The molecule has 0 spiro atoms. The maximum absolute atomic E-state index is 13.0. The van der Waals surface area contributed by atoms with E-state index in [1.165, 1.54) is 13.5 Å². The van der Waals surface area contributed by atoms with Crippen LogP contribution in [0.2, 0.25) is 0 Å². The Hall–Kier alpha value is -2.89. The van der Waals surface area contributed by atoms with E-state index in [-0.39, 0.29) is 17.5 Å². The third kappa shape index (κ3) is 5.11. The normalized spacial score (nSPS) is 18.4. The Balaban J connectivity index is 1.60. The van der Waals surface area contributed by atoms with Crippen LogP contribution in [0.3, 0.4) is 0 Å². The molecule has 0 radical (unpaired) electrons. The van der Waals surface area contributed by atoms with E-state index in [9.17, 15) is 14.4 Å². The van der Waals surface area contributed by atoms with Crippen molar-refractivity contribution in [3.63, 3.8) is 0 Å². The standard InChI is InChI=1S/C28H34O6/c1-3-4-5-6-7-14-25(31)34-21-16-15-18(17-24(21)32-2)26-27-19(29)10-8-12-22(27)33-23-13-9-11-20(30)28(23)26/h15-17,26H,3-14H2,1-2H3. The number of ketones is 2. The predicted molar refractivity (Wildman–Crippen MR) is 128 cm³/mol. The quantitative estimate of drug-likeness (QED) is 0.249. The monoisotopic (exact) mass is 466 g/mol. The molecular weight excluding hydrogens is 432 g/mol. The van der Waals surface area contributed by atoms with Crippen LogP contribution in [0.5, 0.6) is 11.5 Å². The summed E-state index contributed by atoms with van der Waals surface area (Å²) in [5, 5.41) is 0. The van der Waals surface area contributed by atoms with Gasteiger partial charge < -0.3 is 14.2 Å². The highest BCUT2D eigenvalue weighted by Crippen LogP contribution is 2.48.